The molecule has 0 saturated carbocycles. The number of hydrogen-bond donors (Lipinski definition) is 1. The maximum atomic E-state index is 13.6. The van der Waals surface area contributed by atoms with E-state index in [1.165, 1.54) is 32.1 Å². The zero-order valence-corrected chi connectivity index (χ0v) is 18.0. The highest BCUT2D eigenvalue weighted by atomic mass is 32.2. The Morgan fingerprint density at radius 3 is 2.27 bits per heavy atom. The van der Waals surface area contributed by atoms with Crippen LogP contribution in [0.3, 0.4) is 0 Å². The van der Waals surface area contributed by atoms with E-state index in [1.807, 2.05) is 0 Å². The summed E-state index contributed by atoms with van der Waals surface area (Å²) in [5.41, 5.74) is 0.347. The molecule has 30 heavy (non-hydrogen) atoms. The molecule has 0 spiro atoms. The summed E-state index contributed by atoms with van der Waals surface area (Å²) in [4.78, 5) is 12.7. The van der Waals surface area contributed by atoms with Crippen LogP contribution >= 0.6 is 0 Å². The molecule has 164 valence electrons. The molecule has 6 heterocycles. The van der Waals surface area contributed by atoms with Gasteiger partial charge in [0.05, 0.1) is 19.1 Å². The molecule has 6 rings (SSSR count). The number of nitrogens with one attached hydrogen (secondary N) is 1. The van der Waals surface area contributed by atoms with Crippen molar-refractivity contribution in [3.8, 4) is 0 Å². The lowest BCUT2D eigenvalue weighted by Gasteiger charge is -2.43. The summed E-state index contributed by atoms with van der Waals surface area (Å²) in [7, 11) is 0. The summed E-state index contributed by atoms with van der Waals surface area (Å²) in [6, 6.07) is 3.43. The van der Waals surface area contributed by atoms with Crippen LogP contribution in [-0.2, 0) is 15.9 Å². The number of carbonyl (C=O) groups is 1. The molecule has 1 amide bonds. The first-order chi connectivity index (χ1) is 14.7. The van der Waals surface area contributed by atoms with E-state index in [2.05, 4.69) is 19.1 Å². The van der Waals surface area contributed by atoms with E-state index in [1.54, 1.807) is 6.07 Å². The molecule has 1 aromatic rings. The third-order valence-corrected chi connectivity index (χ3v) is 9.70. The van der Waals surface area contributed by atoms with Crippen LogP contribution in [0.2, 0.25) is 0 Å². The van der Waals surface area contributed by atoms with Gasteiger partial charge in [-0.1, -0.05) is 11.6 Å². The van der Waals surface area contributed by atoms with Gasteiger partial charge in [-0.2, -0.15) is 0 Å². The molecule has 6 atom stereocenters. The van der Waals surface area contributed by atoms with Crippen molar-refractivity contribution in [1.29, 1.82) is 0 Å². The Morgan fingerprint density at radius 1 is 1.00 bits per heavy atom. The number of hydrogen-bond acceptors (Lipinski definition) is 5. The lowest BCUT2D eigenvalue weighted by atomic mass is 9.99. The minimum Gasteiger partial charge on any atom is -0.380 e. The monoisotopic (exact) mass is 434 g/mol. The maximum Gasteiger partial charge on any atom is 0.273 e. The zero-order chi connectivity index (χ0) is 20.2. The van der Waals surface area contributed by atoms with Gasteiger partial charge in [0, 0.05) is 36.3 Å². The molecule has 5 aliphatic heterocycles. The van der Waals surface area contributed by atoms with Gasteiger partial charge in [0.25, 0.3) is 5.91 Å². The molecule has 0 aliphatic carbocycles. The number of aromatic nitrogens is 1. The van der Waals surface area contributed by atoms with E-state index >= 15 is 0 Å². The number of rotatable bonds is 5. The second kappa shape index (κ2) is 7.69. The van der Waals surface area contributed by atoms with Gasteiger partial charge >= 0.3 is 0 Å². The zero-order valence-electron chi connectivity index (χ0n) is 17.2. The van der Waals surface area contributed by atoms with Crippen LogP contribution in [0.1, 0.15) is 80.0 Å². The Hall–Kier alpha value is -1.29. The second-order valence-corrected chi connectivity index (χ2v) is 10.9. The van der Waals surface area contributed by atoms with Crippen molar-refractivity contribution in [3.63, 3.8) is 0 Å². The number of carbonyl (C=O) groups excluding carboxylic acids is 1. The number of ether oxygens (including phenoxy) is 1. The Bertz CT molecular complexity index is 813. The van der Waals surface area contributed by atoms with E-state index in [0.717, 1.165) is 31.4 Å². The topological polar surface area (TPSA) is 87.9 Å². The van der Waals surface area contributed by atoms with Gasteiger partial charge in [-0.05, 0) is 51.4 Å². The Balaban J connectivity index is 1.10. The predicted octanol–water partition coefficient (Wildman–Crippen LogP) is 2.11. The fourth-order valence-electron chi connectivity index (χ4n) is 6.19. The van der Waals surface area contributed by atoms with Gasteiger partial charge in [0.15, 0.2) is 16.9 Å². The second-order valence-electron chi connectivity index (χ2n) is 9.64. The Labute approximate surface area is 179 Å². The predicted molar refractivity (Wildman–Crippen MR) is 110 cm³/mol. The van der Waals surface area contributed by atoms with E-state index < -0.39 is 11.2 Å². The summed E-state index contributed by atoms with van der Waals surface area (Å²) in [6.45, 7) is 1.27. The smallest absolute Gasteiger partial charge is 0.273 e. The molecule has 9 heteroatoms. The first-order valence-electron chi connectivity index (χ1n) is 11.5. The molecule has 4 unspecified atom stereocenters. The average Bonchev–Trinajstić information content (AvgIpc) is 3.34. The van der Waals surface area contributed by atoms with Crippen molar-refractivity contribution in [2.75, 3.05) is 13.2 Å². The molecule has 8 nitrogen and oxygen atoms in total. The summed E-state index contributed by atoms with van der Waals surface area (Å²) < 4.78 is 28.7. The minimum atomic E-state index is -1.03. The third-order valence-electron chi connectivity index (χ3n) is 7.79. The van der Waals surface area contributed by atoms with Crippen LogP contribution in [0.5, 0.6) is 0 Å². The van der Waals surface area contributed by atoms with E-state index in [9.17, 15) is 9.00 Å². The lowest BCUT2D eigenvalue weighted by Crippen LogP contribution is -2.55. The van der Waals surface area contributed by atoms with Crippen molar-refractivity contribution >= 4 is 17.1 Å². The van der Waals surface area contributed by atoms with E-state index in [0.29, 0.717) is 31.0 Å². The van der Waals surface area contributed by atoms with Crippen LogP contribution in [-0.4, -0.2) is 67.3 Å². The average molecular weight is 435 g/mol. The van der Waals surface area contributed by atoms with E-state index in [-0.39, 0.29) is 30.0 Å². The molecule has 0 aromatic carbocycles. The van der Waals surface area contributed by atoms with Crippen LogP contribution in [0.15, 0.2) is 10.6 Å². The Kier molecular flexibility index (Phi) is 4.97. The van der Waals surface area contributed by atoms with Crippen LogP contribution in [0.25, 0.3) is 0 Å². The highest BCUT2D eigenvalue weighted by Gasteiger charge is 2.49. The number of amides is 1. The lowest BCUT2D eigenvalue weighted by molar-refractivity contribution is -0.00228. The molecule has 5 saturated heterocycles. The summed E-state index contributed by atoms with van der Waals surface area (Å²) in [5.74, 6) is 0.782. The highest BCUT2D eigenvalue weighted by Crippen LogP contribution is 2.42. The van der Waals surface area contributed by atoms with Crippen molar-refractivity contribution in [1.82, 2.24) is 19.1 Å². The molecular formula is C21H30N4O4S. The van der Waals surface area contributed by atoms with Gasteiger partial charge in [-0.15, -0.1) is 0 Å². The minimum absolute atomic E-state index is 0.105. The van der Waals surface area contributed by atoms with Gasteiger partial charge in [-0.3, -0.25) is 4.79 Å². The fraction of sp³-hybridized carbons (Fsp3) is 0.810. The van der Waals surface area contributed by atoms with Crippen LogP contribution in [0.4, 0.5) is 0 Å². The third kappa shape index (κ3) is 3.25. The Morgan fingerprint density at radius 2 is 1.63 bits per heavy atom. The maximum absolute atomic E-state index is 13.6. The summed E-state index contributed by atoms with van der Waals surface area (Å²) in [6.07, 6.45) is 9.92. The van der Waals surface area contributed by atoms with Gasteiger partial charge in [-0.25, -0.2) is 12.8 Å². The first kappa shape index (κ1) is 19.4. The molecule has 5 fully saturated rings. The van der Waals surface area contributed by atoms with Crippen molar-refractivity contribution in [2.45, 2.75) is 93.9 Å². The molecular weight excluding hydrogens is 404 g/mol. The van der Waals surface area contributed by atoms with Crippen molar-refractivity contribution in [2.24, 2.45) is 0 Å². The van der Waals surface area contributed by atoms with Gasteiger partial charge in [0.1, 0.15) is 5.76 Å². The standard InChI is InChI=1S/C21H30N4O4S/c26-21(19-10-20(29-23-19)13-11-28-12-13)22-14-8-17-6-7-18(9-14)25(17)30(27)24-15-2-1-3-16(24)5-4-15/h10,13-18H,1-9,11-12H2,(H,22,26)/t14?,15-,16?,17-,18?,30?/m1/s1. The van der Waals surface area contributed by atoms with Gasteiger partial charge in [0.2, 0.25) is 0 Å². The number of nitrogens with zero attached hydrogens (tertiary/aromatic N) is 3. The SMILES string of the molecule is O=C(NC1CC2CC[C@H](C1)N2S(=O)N1C2CCC[C@@H]1CC2)c1cc(C2COC2)on1. The van der Waals surface area contributed by atoms with Crippen LogP contribution in [0, 0.1) is 0 Å². The quantitative estimate of drug-likeness (QED) is 0.767. The number of piperidine rings is 2. The van der Waals surface area contributed by atoms with Crippen molar-refractivity contribution < 1.29 is 18.3 Å². The molecule has 5 aliphatic rings. The number of fused-ring (bicyclic) bond motifs is 4. The fourth-order valence-corrected chi connectivity index (χ4v) is 8.23. The van der Waals surface area contributed by atoms with Gasteiger partial charge < -0.3 is 14.6 Å². The molecule has 0 radical (unpaired) electrons. The van der Waals surface area contributed by atoms with Crippen molar-refractivity contribution in [3.05, 3.63) is 17.5 Å². The largest absolute Gasteiger partial charge is 0.380 e. The normalized spacial score (nSPS) is 37.8. The van der Waals surface area contributed by atoms with E-state index in [4.69, 9.17) is 9.26 Å². The first-order valence-corrected chi connectivity index (χ1v) is 12.6. The molecule has 1 aromatic heterocycles. The molecule has 4 bridgehead atoms. The summed E-state index contributed by atoms with van der Waals surface area (Å²) in [5, 5.41) is 7.12. The highest BCUT2D eigenvalue weighted by molar-refractivity contribution is 7.80. The summed E-state index contributed by atoms with van der Waals surface area (Å²) >= 11 is -1.03. The van der Waals surface area contributed by atoms with Crippen LogP contribution < -0.4 is 5.32 Å². The molecule has 1 N–H and O–H groups in total.